The van der Waals surface area contributed by atoms with Gasteiger partial charge in [-0.3, -0.25) is 4.79 Å². The molecular formula is C13H18F2N2O. The molecule has 0 aliphatic heterocycles. The molecular weight excluding hydrogens is 238 g/mol. The summed E-state index contributed by atoms with van der Waals surface area (Å²) in [5, 5.41) is 8.58. The molecule has 0 aromatic heterocycles. The lowest BCUT2D eigenvalue weighted by atomic mass is 9.85. The van der Waals surface area contributed by atoms with Gasteiger partial charge in [-0.05, 0) is 25.7 Å². The van der Waals surface area contributed by atoms with Crippen LogP contribution in [0, 0.1) is 17.2 Å². The molecule has 18 heavy (non-hydrogen) atoms. The van der Waals surface area contributed by atoms with Gasteiger partial charge in [-0.15, -0.1) is 0 Å². The molecule has 2 aliphatic rings. The Labute approximate surface area is 106 Å². The van der Waals surface area contributed by atoms with E-state index in [9.17, 15) is 13.6 Å². The zero-order chi connectivity index (χ0) is 13.2. The number of halogens is 2. The average molecular weight is 256 g/mol. The monoisotopic (exact) mass is 256 g/mol. The molecule has 0 bridgehead atoms. The van der Waals surface area contributed by atoms with Gasteiger partial charge in [0.2, 0.25) is 11.8 Å². The van der Waals surface area contributed by atoms with Crippen molar-refractivity contribution in [1.82, 2.24) is 4.90 Å². The minimum absolute atomic E-state index is 0.0988. The van der Waals surface area contributed by atoms with Gasteiger partial charge >= 0.3 is 0 Å². The van der Waals surface area contributed by atoms with Crippen molar-refractivity contribution in [3.8, 4) is 6.07 Å². The normalized spacial score (nSPS) is 26.4. The van der Waals surface area contributed by atoms with Crippen LogP contribution in [-0.4, -0.2) is 29.3 Å². The molecule has 2 fully saturated rings. The van der Waals surface area contributed by atoms with Crippen molar-refractivity contribution in [2.24, 2.45) is 5.92 Å². The third kappa shape index (κ3) is 3.18. The standard InChI is InChI=1S/C13H18F2N2O/c14-13(15)6-1-3-10(9-13)12(18)17(8-2-7-16)11-4-5-11/h10-11H,1-6,8-9H2. The molecule has 0 aromatic rings. The summed E-state index contributed by atoms with van der Waals surface area (Å²) in [6, 6.07) is 2.21. The van der Waals surface area contributed by atoms with E-state index in [0.717, 1.165) is 12.8 Å². The van der Waals surface area contributed by atoms with Crippen LogP contribution in [0.25, 0.3) is 0 Å². The van der Waals surface area contributed by atoms with E-state index in [1.54, 1.807) is 4.90 Å². The molecule has 0 N–H and O–H groups in total. The first-order valence-corrected chi connectivity index (χ1v) is 6.59. The van der Waals surface area contributed by atoms with E-state index in [-0.39, 0.29) is 31.2 Å². The second-order valence-electron chi connectivity index (χ2n) is 5.32. The number of hydrogen-bond donors (Lipinski definition) is 0. The first-order chi connectivity index (χ1) is 8.53. The van der Waals surface area contributed by atoms with Gasteiger partial charge in [0.05, 0.1) is 12.5 Å². The van der Waals surface area contributed by atoms with E-state index in [0.29, 0.717) is 19.4 Å². The number of carbonyl (C=O) groups is 1. The molecule has 3 nitrogen and oxygen atoms in total. The Hall–Kier alpha value is -1.18. The van der Waals surface area contributed by atoms with Crippen LogP contribution in [0.2, 0.25) is 0 Å². The van der Waals surface area contributed by atoms with Crippen molar-refractivity contribution >= 4 is 5.91 Å². The SMILES string of the molecule is N#CCCN(C(=O)C1CCCC(F)(F)C1)C1CC1. The van der Waals surface area contributed by atoms with Crippen LogP contribution in [-0.2, 0) is 4.79 Å². The fourth-order valence-electron chi connectivity index (χ4n) is 2.65. The van der Waals surface area contributed by atoms with Gasteiger partial charge in [-0.2, -0.15) is 5.26 Å². The number of hydrogen-bond acceptors (Lipinski definition) is 2. The lowest BCUT2D eigenvalue weighted by Crippen LogP contribution is -2.42. The van der Waals surface area contributed by atoms with E-state index in [2.05, 4.69) is 0 Å². The minimum atomic E-state index is -2.69. The van der Waals surface area contributed by atoms with Crippen LogP contribution in [0.3, 0.4) is 0 Å². The third-order valence-corrected chi connectivity index (χ3v) is 3.72. The number of carbonyl (C=O) groups excluding carboxylic acids is 1. The van der Waals surface area contributed by atoms with Gasteiger partial charge in [-0.25, -0.2) is 8.78 Å². The van der Waals surface area contributed by atoms with Crippen LogP contribution < -0.4 is 0 Å². The molecule has 100 valence electrons. The Morgan fingerprint density at radius 2 is 2.11 bits per heavy atom. The maximum absolute atomic E-state index is 13.3. The maximum Gasteiger partial charge on any atom is 0.248 e. The van der Waals surface area contributed by atoms with Crippen molar-refractivity contribution in [2.75, 3.05) is 6.54 Å². The van der Waals surface area contributed by atoms with Crippen molar-refractivity contribution in [3.63, 3.8) is 0 Å². The average Bonchev–Trinajstić information content (AvgIpc) is 3.12. The van der Waals surface area contributed by atoms with E-state index in [1.165, 1.54) is 0 Å². The van der Waals surface area contributed by atoms with E-state index in [4.69, 9.17) is 5.26 Å². The highest BCUT2D eigenvalue weighted by Crippen LogP contribution is 2.39. The summed E-state index contributed by atoms with van der Waals surface area (Å²) < 4.78 is 26.6. The first kappa shape index (κ1) is 13.3. The molecule has 2 rings (SSSR count). The summed E-state index contributed by atoms with van der Waals surface area (Å²) in [7, 11) is 0. The zero-order valence-corrected chi connectivity index (χ0v) is 10.4. The molecule has 0 saturated heterocycles. The molecule has 1 atom stereocenters. The topological polar surface area (TPSA) is 44.1 Å². The van der Waals surface area contributed by atoms with Gasteiger partial charge in [0.25, 0.3) is 0 Å². The third-order valence-electron chi connectivity index (χ3n) is 3.72. The number of amides is 1. The minimum Gasteiger partial charge on any atom is -0.338 e. The Morgan fingerprint density at radius 3 is 2.67 bits per heavy atom. The maximum atomic E-state index is 13.3. The number of rotatable bonds is 4. The highest BCUT2D eigenvalue weighted by Gasteiger charge is 2.42. The summed E-state index contributed by atoms with van der Waals surface area (Å²) in [6.45, 7) is 0.391. The van der Waals surface area contributed by atoms with Gasteiger partial charge in [0, 0.05) is 31.3 Å². The second-order valence-corrected chi connectivity index (χ2v) is 5.32. The molecule has 0 aromatic carbocycles. The van der Waals surface area contributed by atoms with E-state index < -0.39 is 11.8 Å². The second kappa shape index (κ2) is 5.21. The summed E-state index contributed by atoms with van der Waals surface area (Å²) in [6.07, 6.45) is 2.73. The van der Waals surface area contributed by atoms with E-state index >= 15 is 0 Å². The number of nitrogens with zero attached hydrogens (tertiary/aromatic N) is 2. The lowest BCUT2D eigenvalue weighted by molar-refractivity contribution is -0.143. The van der Waals surface area contributed by atoms with Crippen molar-refractivity contribution in [1.29, 1.82) is 5.26 Å². The van der Waals surface area contributed by atoms with Gasteiger partial charge in [0.1, 0.15) is 0 Å². The molecule has 0 spiro atoms. The Balaban J connectivity index is 1.97. The Bertz CT molecular complexity index is 360. The highest BCUT2D eigenvalue weighted by molar-refractivity contribution is 5.79. The summed E-state index contributed by atoms with van der Waals surface area (Å²) >= 11 is 0. The summed E-state index contributed by atoms with van der Waals surface area (Å²) in [5.74, 6) is -3.40. The molecule has 2 saturated carbocycles. The zero-order valence-electron chi connectivity index (χ0n) is 10.4. The quantitative estimate of drug-likeness (QED) is 0.776. The smallest absolute Gasteiger partial charge is 0.248 e. The fraction of sp³-hybridized carbons (Fsp3) is 0.846. The lowest BCUT2D eigenvalue weighted by Gasteiger charge is -2.32. The van der Waals surface area contributed by atoms with Gasteiger partial charge in [0.15, 0.2) is 0 Å². The first-order valence-electron chi connectivity index (χ1n) is 6.59. The van der Waals surface area contributed by atoms with Crippen LogP contribution >= 0.6 is 0 Å². The van der Waals surface area contributed by atoms with Crippen LogP contribution in [0.1, 0.15) is 44.9 Å². The van der Waals surface area contributed by atoms with Crippen molar-refractivity contribution in [3.05, 3.63) is 0 Å². The number of alkyl halides is 2. The largest absolute Gasteiger partial charge is 0.338 e. The van der Waals surface area contributed by atoms with Crippen LogP contribution in [0.5, 0.6) is 0 Å². The van der Waals surface area contributed by atoms with Crippen LogP contribution in [0.4, 0.5) is 8.78 Å². The summed E-state index contributed by atoms with van der Waals surface area (Å²) in [4.78, 5) is 13.9. The van der Waals surface area contributed by atoms with Gasteiger partial charge in [-0.1, -0.05) is 0 Å². The molecule has 0 radical (unpaired) electrons. The number of nitriles is 1. The highest BCUT2D eigenvalue weighted by atomic mass is 19.3. The summed E-state index contributed by atoms with van der Waals surface area (Å²) in [5.41, 5.74) is 0. The molecule has 2 aliphatic carbocycles. The van der Waals surface area contributed by atoms with Crippen molar-refractivity contribution in [2.45, 2.75) is 56.9 Å². The molecule has 1 amide bonds. The van der Waals surface area contributed by atoms with E-state index in [1.807, 2.05) is 6.07 Å². The Morgan fingerprint density at radius 1 is 1.39 bits per heavy atom. The molecule has 5 heteroatoms. The fourth-order valence-corrected chi connectivity index (χ4v) is 2.65. The van der Waals surface area contributed by atoms with Crippen LogP contribution in [0.15, 0.2) is 0 Å². The molecule has 1 unspecified atom stereocenters. The van der Waals surface area contributed by atoms with Crippen molar-refractivity contribution < 1.29 is 13.6 Å². The Kier molecular flexibility index (Phi) is 3.84. The van der Waals surface area contributed by atoms with Gasteiger partial charge < -0.3 is 4.90 Å². The molecule has 0 heterocycles. The predicted octanol–water partition coefficient (Wildman–Crippen LogP) is 2.72. The predicted molar refractivity (Wildman–Crippen MR) is 61.9 cm³/mol.